The molecule has 11 heavy (non-hydrogen) atoms. The van der Waals surface area contributed by atoms with Gasteiger partial charge < -0.3 is 4.98 Å². The van der Waals surface area contributed by atoms with Gasteiger partial charge in [0.15, 0.2) is 0 Å². The van der Waals surface area contributed by atoms with Crippen LogP contribution in [0.15, 0.2) is 47.0 Å². The first-order chi connectivity index (χ1) is 5.39. The van der Waals surface area contributed by atoms with Crippen LogP contribution in [0.4, 0.5) is 0 Å². The first-order valence-electron chi connectivity index (χ1n) is 3.09. The second-order valence-corrected chi connectivity index (χ2v) is 1.75. The van der Waals surface area contributed by atoms with E-state index in [4.69, 9.17) is 0 Å². The van der Waals surface area contributed by atoms with Gasteiger partial charge in [-0.25, -0.2) is 0 Å². The topological polar surface area (TPSA) is 57.6 Å². The van der Waals surface area contributed by atoms with Crippen LogP contribution >= 0.6 is 0 Å². The van der Waals surface area contributed by atoms with Crippen LogP contribution in [0.2, 0.25) is 0 Å². The van der Waals surface area contributed by atoms with Gasteiger partial charge in [-0.1, -0.05) is 0 Å². The second kappa shape index (κ2) is 4.16. The van der Waals surface area contributed by atoms with E-state index in [0.29, 0.717) is 0 Å². The third kappa shape index (κ3) is 3.10. The molecule has 56 valence electrons. The first kappa shape index (κ1) is 7.40. The number of azo groups is 1. The van der Waals surface area contributed by atoms with Crippen molar-refractivity contribution in [3.05, 3.63) is 36.8 Å². The predicted molar refractivity (Wildman–Crippen MR) is 39.8 cm³/mol. The zero-order valence-electron chi connectivity index (χ0n) is 5.77. The summed E-state index contributed by atoms with van der Waals surface area (Å²) in [6, 6.07) is 3.89. The Morgan fingerprint density at radius 2 is 2.00 bits per heavy atom. The molecule has 0 radical (unpaired) electrons. The molecular formula is C7H7N3O. The molecule has 4 nitrogen and oxygen atoms in total. The minimum absolute atomic E-state index is 0.269. The van der Waals surface area contributed by atoms with Gasteiger partial charge in [0.1, 0.15) is 0 Å². The monoisotopic (exact) mass is 149 g/mol. The number of aromatic nitrogens is 1. The lowest BCUT2D eigenvalue weighted by atomic mass is 10.6. The smallest absolute Gasteiger partial charge is 0.289 e. The molecule has 4 heteroatoms. The number of amides is 1. The van der Waals surface area contributed by atoms with Crippen molar-refractivity contribution in [3.8, 4) is 0 Å². The Morgan fingerprint density at radius 3 is 2.18 bits per heavy atom. The molecule has 2 rings (SSSR count). The molecule has 1 aromatic heterocycles. The molecule has 0 unspecified atom stereocenters. The Labute approximate surface area is 63.7 Å². The molecule has 1 aliphatic heterocycles. The molecule has 1 aliphatic rings. The number of nitrogens with one attached hydrogen (secondary N) is 1. The van der Waals surface area contributed by atoms with Crippen molar-refractivity contribution in [3.63, 3.8) is 0 Å². The summed E-state index contributed by atoms with van der Waals surface area (Å²) < 4.78 is 0. The van der Waals surface area contributed by atoms with Crippen molar-refractivity contribution < 1.29 is 4.79 Å². The Bertz CT molecular complexity index is 230. The molecule has 1 N–H and O–H groups in total. The summed E-state index contributed by atoms with van der Waals surface area (Å²) in [4.78, 5) is 12.8. The van der Waals surface area contributed by atoms with Crippen LogP contribution in [-0.2, 0) is 4.79 Å². The molecule has 0 aliphatic carbocycles. The second-order valence-electron chi connectivity index (χ2n) is 1.75. The fourth-order valence-corrected chi connectivity index (χ4v) is 0.498. The number of carbonyl (C=O) groups is 1. The first-order valence-corrected chi connectivity index (χ1v) is 3.09. The number of hydrogen-bond acceptors (Lipinski definition) is 2. The minimum atomic E-state index is -0.269. The maximum atomic E-state index is 9.90. The van der Waals surface area contributed by atoms with E-state index in [1.165, 1.54) is 12.3 Å². The third-order valence-corrected chi connectivity index (χ3v) is 0.936. The predicted octanol–water partition coefficient (Wildman–Crippen LogP) is 1.51. The molecule has 0 saturated carbocycles. The number of aromatic amines is 1. The van der Waals surface area contributed by atoms with E-state index in [1.54, 1.807) is 0 Å². The average molecular weight is 149 g/mol. The molecule has 0 aromatic carbocycles. The van der Waals surface area contributed by atoms with Crippen molar-refractivity contribution in [2.75, 3.05) is 0 Å². The fourth-order valence-electron chi connectivity index (χ4n) is 0.498. The molecule has 0 atom stereocenters. The maximum absolute atomic E-state index is 9.90. The summed E-state index contributed by atoms with van der Waals surface area (Å²) in [6.45, 7) is 0. The Hall–Kier alpha value is -1.71. The van der Waals surface area contributed by atoms with Crippen LogP contribution in [0.3, 0.4) is 0 Å². The number of hydrogen-bond donors (Lipinski definition) is 1. The number of H-pyrrole nitrogens is 1. The highest BCUT2D eigenvalue weighted by Gasteiger charge is 1.92. The minimum Gasteiger partial charge on any atom is -0.368 e. The molecule has 0 spiro atoms. The van der Waals surface area contributed by atoms with Gasteiger partial charge in [0.25, 0.3) is 5.91 Å². The van der Waals surface area contributed by atoms with E-state index in [0.717, 1.165) is 0 Å². The van der Waals surface area contributed by atoms with Gasteiger partial charge in [0, 0.05) is 18.5 Å². The number of carbonyl (C=O) groups excluding carboxylic acids is 1. The molecular weight excluding hydrogens is 142 g/mol. The van der Waals surface area contributed by atoms with Crippen LogP contribution in [0.1, 0.15) is 0 Å². The normalized spacial score (nSPS) is 12.9. The van der Waals surface area contributed by atoms with E-state index < -0.39 is 0 Å². The number of rotatable bonds is 0. The van der Waals surface area contributed by atoms with Crippen LogP contribution in [0, 0.1) is 0 Å². The van der Waals surface area contributed by atoms with Gasteiger partial charge in [-0.3, -0.25) is 4.79 Å². The van der Waals surface area contributed by atoms with Gasteiger partial charge in [-0.05, 0) is 12.1 Å². The van der Waals surface area contributed by atoms with Gasteiger partial charge >= 0.3 is 0 Å². The van der Waals surface area contributed by atoms with Crippen molar-refractivity contribution in [2.24, 2.45) is 10.2 Å². The molecule has 1 aromatic rings. The van der Waals surface area contributed by atoms with Crippen molar-refractivity contribution in [2.45, 2.75) is 0 Å². The van der Waals surface area contributed by atoms with Crippen LogP contribution in [0.25, 0.3) is 0 Å². The summed E-state index contributed by atoms with van der Waals surface area (Å²) >= 11 is 0. The summed E-state index contributed by atoms with van der Waals surface area (Å²) in [6.07, 6.45) is 6.42. The summed E-state index contributed by atoms with van der Waals surface area (Å²) in [5.74, 6) is -0.269. The highest BCUT2D eigenvalue weighted by molar-refractivity contribution is 5.89. The SMILES string of the molecule is O=C1C=CN=N1.c1cc[nH]c1. The van der Waals surface area contributed by atoms with Gasteiger partial charge in [-0.15, -0.1) is 5.11 Å². The summed E-state index contributed by atoms with van der Waals surface area (Å²) in [5, 5.41) is 6.37. The van der Waals surface area contributed by atoms with Crippen LogP contribution < -0.4 is 0 Å². The highest BCUT2D eigenvalue weighted by Crippen LogP contribution is 1.90. The Morgan fingerprint density at radius 1 is 1.27 bits per heavy atom. The van der Waals surface area contributed by atoms with Gasteiger partial charge in [0.05, 0.1) is 6.20 Å². The molecule has 1 amide bonds. The Balaban J connectivity index is 0.000000112. The largest absolute Gasteiger partial charge is 0.368 e. The van der Waals surface area contributed by atoms with E-state index in [9.17, 15) is 4.79 Å². The zero-order chi connectivity index (χ0) is 7.94. The summed E-state index contributed by atoms with van der Waals surface area (Å²) in [5.41, 5.74) is 0. The highest BCUT2D eigenvalue weighted by atomic mass is 16.1. The van der Waals surface area contributed by atoms with Gasteiger partial charge in [0.2, 0.25) is 0 Å². The lowest BCUT2D eigenvalue weighted by molar-refractivity contribution is -0.113. The zero-order valence-corrected chi connectivity index (χ0v) is 5.77. The fraction of sp³-hybridized carbons (Fsp3) is 0. The molecule has 2 heterocycles. The van der Waals surface area contributed by atoms with E-state index in [2.05, 4.69) is 15.2 Å². The Kier molecular flexibility index (Phi) is 2.80. The lowest BCUT2D eigenvalue weighted by Gasteiger charge is -1.59. The number of nitrogens with zero attached hydrogens (tertiary/aromatic N) is 2. The van der Waals surface area contributed by atoms with E-state index in [-0.39, 0.29) is 5.91 Å². The third-order valence-electron chi connectivity index (χ3n) is 0.936. The maximum Gasteiger partial charge on any atom is 0.289 e. The molecule has 0 bridgehead atoms. The standard InChI is InChI=1S/C4H5N.C3H2N2O/c1-2-4-5-3-1;6-3-1-2-4-5-3/h1-5H;1-2H. The summed E-state index contributed by atoms with van der Waals surface area (Å²) in [7, 11) is 0. The van der Waals surface area contributed by atoms with Gasteiger partial charge in [-0.2, -0.15) is 5.11 Å². The lowest BCUT2D eigenvalue weighted by Crippen LogP contribution is -1.74. The van der Waals surface area contributed by atoms with E-state index >= 15 is 0 Å². The van der Waals surface area contributed by atoms with Crippen molar-refractivity contribution in [1.82, 2.24) is 4.98 Å². The van der Waals surface area contributed by atoms with Crippen LogP contribution in [-0.4, -0.2) is 10.9 Å². The molecule has 0 fully saturated rings. The van der Waals surface area contributed by atoms with E-state index in [1.807, 2.05) is 24.5 Å². The quantitative estimate of drug-likeness (QED) is 0.597. The van der Waals surface area contributed by atoms with Crippen LogP contribution in [0.5, 0.6) is 0 Å². The molecule has 0 saturated heterocycles. The average Bonchev–Trinajstić information content (AvgIpc) is 2.57. The van der Waals surface area contributed by atoms with Crippen molar-refractivity contribution >= 4 is 5.91 Å². The van der Waals surface area contributed by atoms with Crippen molar-refractivity contribution in [1.29, 1.82) is 0 Å².